The lowest BCUT2D eigenvalue weighted by molar-refractivity contribution is 0.795. The number of aryl methyl sites for hydroxylation is 1. The van der Waals surface area contributed by atoms with E-state index in [1.165, 1.54) is 0 Å². The number of anilines is 1. The topological polar surface area (TPSA) is 68.5 Å². The van der Waals surface area contributed by atoms with Crippen molar-refractivity contribution in [3.05, 3.63) is 36.0 Å². The lowest BCUT2D eigenvalue weighted by Crippen LogP contribution is -2.07. The van der Waals surface area contributed by atoms with Gasteiger partial charge in [0.05, 0.1) is 5.52 Å². The Morgan fingerprint density at radius 2 is 2.05 bits per heavy atom. The molecule has 0 unspecified atom stereocenters. The fourth-order valence-electron chi connectivity index (χ4n) is 1.94. The highest BCUT2D eigenvalue weighted by Gasteiger charge is 2.09. The second kappa shape index (κ2) is 4.64. The van der Waals surface area contributed by atoms with E-state index in [1.54, 1.807) is 4.68 Å². The molecule has 0 saturated carbocycles. The molecule has 3 aromatic rings. The third kappa shape index (κ3) is 2.12. The lowest BCUT2D eigenvalue weighted by atomic mass is 10.3. The summed E-state index contributed by atoms with van der Waals surface area (Å²) in [6, 6.07) is 9.69. The molecule has 19 heavy (non-hydrogen) atoms. The van der Waals surface area contributed by atoms with E-state index in [0.29, 0.717) is 5.95 Å². The van der Waals surface area contributed by atoms with Crippen LogP contribution < -0.4 is 5.32 Å². The number of aromatic nitrogens is 5. The molecule has 2 heterocycles. The van der Waals surface area contributed by atoms with Gasteiger partial charge >= 0.3 is 0 Å². The maximum atomic E-state index is 4.45. The van der Waals surface area contributed by atoms with Crippen molar-refractivity contribution in [1.29, 1.82) is 0 Å². The van der Waals surface area contributed by atoms with Crippen molar-refractivity contribution in [2.24, 2.45) is 0 Å². The van der Waals surface area contributed by atoms with Crippen molar-refractivity contribution in [2.75, 3.05) is 11.9 Å². The minimum Gasteiger partial charge on any atom is -0.354 e. The van der Waals surface area contributed by atoms with E-state index in [4.69, 9.17) is 0 Å². The SMILES string of the molecule is CCNc1nc(C)cc(-n2nnc3ccccc32)n1. The summed E-state index contributed by atoms with van der Waals surface area (Å²) in [7, 11) is 0. The maximum Gasteiger partial charge on any atom is 0.224 e. The van der Waals surface area contributed by atoms with Crippen LogP contribution in [-0.2, 0) is 0 Å². The fraction of sp³-hybridized carbons (Fsp3) is 0.231. The van der Waals surface area contributed by atoms with Gasteiger partial charge in [-0.2, -0.15) is 9.67 Å². The van der Waals surface area contributed by atoms with E-state index in [-0.39, 0.29) is 0 Å². The van der Waals surface area contributed by atoms with Crippen molar-refractivity contribution in [2.45, 2.75) is 13.8 Å². The summed E-state index contributed by atoms with van der Waals surface area (Å²) in [5, 5.41) is 11.4. The quantitative estimate of drug-likeness (QED) is 0.773. The molecule has 1 N–H and O–H groups in total. The van der Waals surface area contributed by atoms with Gasteiger partial charge in [0.15, 0.2) is 5.82 Å². The molecular weight excluding hydrogens is 240 g/mol. The monoisotopic (exact) mass is 254 g/mol. The van der Waals surface area contributed by atoms with Crippen LogP contribution in [-0.4, -0.2) is 31.5 Å². The van der Waals surface area contributed by atoms with E-state index in [9.17, 15) is 0 Å². The minimum atomic E-state index is 0.608. The Morgan fingerprint density at radius 1 is 1.21 bits per heavy atom. The van der Waals surface area contributed by atoms with Crippen LogP contribution in [0.4, 0.5) is 5.95 Å². The molecule has 0 aliphatic heterocycles. The van der Waals surface area contributed by atoms with Crippen LogP contribution in [0.15, 0.2) is 30.3 Å². The van der Waals surface area contributed by atoms with Crippen molar-refractivity contribution in [1.82, 2.24) is 25.0 Å². The molecular formula is C13H14N6. The van der Waals surface area contributed by atoms with Gasteiger partial charge in [-0.25, -0.2) is 4.98 Å². The summed E-state index contributed by atoms with van der Waals surface area (Å²) in [5.74, 6) is 1.33. The molecule has 0 aliphatic carbocycles. The number of nitrogens with one attached hydrogen (secondary N) is 1. The van der Waals surface area contributed by atoms with Crippen LogP contribution in [0.5, 0.6) is 0 Å². The molecule has 6 heteroatoms. The van der Waals surface area contributed by atoms with Gasteiger partial charge in [-0.3, -0.25) is 0 Å². The zero-order valence-corrected chi connectivity index (χ0v) is 10.8. The molecule has 0 spiro atoms. The first-order valence-electron chi connectivity index (χ1n) is 6.18. The predicted octanol–water partition coefficient (Wildman–Crippen LogP) is 1.95. The number of hydrogen-bond donors (Lipinski definition) is 1. The highest BCUT2D eigenvalue weighted by molar-refractivity contribution is 5.75. The molecule has 0 atom stereocenters. The third-order valence-corrected chi connectivity index (χ3v) is 2.74. The molecule has 0 radical (unpaired) electrons. The zero-order valence-electron chi connectivity index (χ0n) is 10.8. The zero-order chi connectivity index (χ0) is 13.2. The molecule has 0 saturated heterocycles. The van der Waals surface area contributed by atoms with Crippen LogP contribution in [0.25, 0.3) is 16.9 Å². The first-order chi connectivity index (χ1) is 9.28. The number of benzene rings is 1. The Balaban J connectivity index is 2.15. The number of rotatable bonds is 3. The third-order valence-electron chi connectivity index (χ3n) is 2.74. The number of hydrogen-bond acceptors (Lipinski definition) is 5. The fourth-order valence-corrected chi connectivity index (χ4v) is 1.94. The molecule has 3 rings (SSSR count). The Kier molecular flexibility index (Phi) is 2.83. The standard InChI is InChI=1S/C13H14N6/c1-3-14-13-15-9(2)8-12(16-13)19-11-7-5-4-6-10(11)17-18-19/h4-8H,3H2,1-2H3,(H,14,15,16). The van der Waals surface area contributed by atoms with Gasteiger partial charge in [0, 0.05) is 18.3 Å². The van der Waals surface area contributed by atoms with E-state index in [1.807, 2.05) is 44.2 Å². The summed E-state index contributed by atoms with van der Waals surface area (Å²) in [6.45, 7) is 4.72. The predicted molar refractivity (Wildman–Crippen MR) is 73.4 cm³/mol. The molecule has 1 aromatic carbocycles. The molecule has 0 fully saturated rings. The largest absolute Gasteiger partial charge is 0.354 e. The second-order valence-electron chi connectivity index (χ2n) is 4.21. The summed E-state index contributed by atoms with van der Waals surface area (Å²) >= 11 is 0. The lowest BCUT2D eigenvalue weighted by Gasteiger charge is -2.06. The average molecular weight is 254 g/mol. The van der Waals surface area contributed by atoms with Crippen molar-refractivity contribution in [3.8, 4) is 5.82 Å². The summed E-state index contributed by atoms with van der Waals surface area (Å²) in [6.07, 6.45) is 0. The minimum absolute atomic E-state index is 0.608. The van der Waals surface area contributed by atoms with Gasteiger partial charge in [0.25, 0.3) is 0 Å². The summed E-state index contributed by atoms with van der Waals surface area (Å²) < 4.78 is 1.73. The highest BCUT2D eigenvalue weighted by Crippen LogP contribution is 2.15. The van der Waals surface area contributed by atoms with Gasteiger partial charge in [0.2, 0.25) is 5.95 Å². The molecule has 6 nitrogen and oxygen atoms in total. The van der Waals surface area contributed by atoms with Gasteiger partial charge in [-0.05, 0) is 26.0 Å². The van der Waals surface area contributed by atoms with Crippen LogP contribution in [0, 0.1) is 6.92 Å². The average Bonchev–Trinajstić information content (AvgIpc) is 2.82. The van der Waals surface area contributed by atoms with Crippen molar-refractivity contribution in [3.63, 3.8) is 0 Å². The highest BCUT2D eigenvalue weighted by atomic mass is 15.4. The Hall–Kier alpha value is -2.50. The smallest absolute Gasteiger partial charge is 0.224 e. The maximum absolute atomic E-state index is 4.45. The summed E-state index contributed by atoms with van der Waals surface area (Å²) in [4.78, 5) is 8.78. The van der Waals surface area contributed by atoms with Crippen LogP contribution in [0.2, 0.25) is 0 Å². The number of para-hydroxylation sites is 1. The Morgan fingerprint density at radius 3 is 2.89 bits per heavy atom. The number of fused-ring (bicyclic) bond motifs is 1. The first-order valence-corrected chi connectivity index (χ1v) is 6.18. The molecule has 96 valence electrons. The van der Waals surface area contributed by atoms with Crippen molar-refractivity contribution < 1.29 is 0 Å². The molecule has 0 bridgehead atoms. The normalized spacial score (nSPS) is 10.8. The van der Waals surface area contributed by atoms with E-state index >= 15 is 0 Å². The van der Waals surface area contributed by atoms with Gasteiger partial charge in [-0.15, -0.1) is 5.10 Å². The Labute approximate surface area is 110 Å². The first kappa shape index (κ1) is 11.6. The van der Waals surface area contributed by atoms with Gasteiger partial charge in [-0.1, -0.05) is 17.3 Å². The Bertz CT molecular complexity index is 718. The molecule has 0 aliphatic rings. The van der Waals surface area contributed by atoms with Crippen molar-refractivity contribution >= 4 is 17.0 Å². The van der Waals surface area contributed by atoms with E-state index < -0.39 is 0 Å². The van der Waals surface area contributed by atoms with Gasteiger partial charge < -0.3 is 5.32 Å². The second-order valence-corrected chi connectivity index (χ2v) is 4.21. The van der Waals surface area contributed by atoms with E-state index in [0.717, 1.165) is 29.1 Å². The molecule has 0 amide bonds. The van der Waals surface area contributed by atoms with Gasteiger partial charge in [0.1, 0.15) is 5.52 Å². The molecule has 2 aromatic heterocycles. The summed E-state index contributed by atoms with van der Waals surface area (Å²) in [5.41, 5.74) is 2.67. The van der Waals surface area contributed by atoms with E-state index in [2.05, 4.69) is 25.6 Å². The van der Waals surface area contributed by atoms with Crippen LogP contribution in [0.3, 0.4) is 0 Å². The number of nitrogens with zero attached hydrogens (tertiary/aromatic N) is 5. The van der Waals surface area contributed by atoms with Crippen LogP contribution in [0.1, 0.15) is 12.6 Å². The van der Waals surface area contributed by atoms with Crippen LogP contribution >= 0.6 is 0 Å².